The van der Waals surface area contributed by atoms with Crippen LogP contribution in [-0.2, 0) is 4.79 Å². The van der Waals surface area contributed by atoms with Gasteiger partial charge in [0.25, 0.3) is 0 Å². The number of amides is 1. The van der Waals surface area contributed by atoms with E-state index in [1.165, 1.54) is 14.0 Å². The van der Waals surface area contributed by atoms with Crippen molar-refractivity contribution < 1.29 is 14.6 Å². The first kappa shape index (κ1) is 11.9. The molecule has 0 saturated heterocycles. The molecule has 16 heavy (non-hydrogen) atoms. The normalized spacial score (nSPS) is 8.88. The molecule has 0 fully saturated rings. The quantitative estimate of drug-likeness (QED) is 0.726. The molecule has 0 radical (unpaired) electrons. The van der Waals surface area contributed by atoms with Crippen LogP contribution in [0.2, 0.25) is 0 Å². The van der Waals surface area contributed by atoms with Crippen molar-refractivity contribution in [1.82, 2.24) is 5.32 Å². The molecule has 0 bridgehead atoms. The van der Waals surface area contributed by atoms with Gasteiger partial charge in [0.1, 0.15) is 0 Å². The van der Waals surface area contributed by atoms with Crippen LogP contribution in [0.25, 0.3) is 0 Å². The topological polar surface area (TPSA) is 58.6 Å². The monoisotopic (exact) mass is 219 g/mol. The highest BCUT2D eigenvalue weighted by Gasteiger charge is 2.03. The summed E-state index contributed by atoms with van der Waals surface area (Å²) < 4.78 is 4.94. The fourth-order valence-corrected chi connectivity index (χ4v) is 1.10. The van der Waals surface area contributed by atoms with Crippen molar-refractivity contribution in [3.8, 4) is 23.3 Å². The predicted molar refractivity (Wildman–Crippen MR) is 60.2 cm³/mol. The molecule has 1 aromatic rings. The number of hydrogen-bond acceptors (Lipinski definition) is 3. The van der Waals surface area contributed by atoms with Crippen molar-refractivity contribution in [2.24, 2.45) is 0 Å². The summed E-state index contributed by atoms with van der Waals surface area (Å²) in [7, 11) is 1.48. The molecule has 1 amide bonds. The third-order valence-electron chi connectivity index (χ3n) is 1.87. The number of methoxy groups -OCH3 is 1. The maximum atomic E-state index is 10.6. The Labute approximate surface area is 94.2 Å². The number of nitrogens with one attached hydrogen (secondary N) is 1. The van der Waals surface area contributed by atoms with Gasteiger partial charge in [0.15, 0.2) is 11.5 Å². The number of phenols is 1. The summed E-state index contributed by atoms with van der Waals surface area (Å²) in [6.45, 7) is 1.68. The van der Waals surface area contributed by atoms with E-state index in [4.69, 9.17) is 4.74 Å². The number of carbonyl (C=O) groups is 1. The molecule has 84 valence electrons. The van der Waals surface area contributed by atoms with Gasteiger partial charge in [0.2, 0.25) is 5.91 Å². The van der Waals surface area contributed by atoms with Gasteiger partial charge in [0.05, 0.1) is 19.2 Å². The Morgan fingerprint density at radius 2 is 2.31 bits per heavy atom. The molecule has 0 aliphatic rings. The van der Waals surface area contributed by atoms with Crippen LogP contribution in [0.5, 0.6) is 11.5 Å². The standard InChI is InChI=1S/C12H13NO3/c1-9(14)13-8-4-6-10-5-3-7-11(16-2)12(10)15/h3,5,7,15H,8H2,1-2H3,(H,13,14). The van der Waals surface area contributed by atoms with Crippen LogP contribution in [0.1, 0.15) is 12.5 Å². The third-order valence-corrected chi connectivity index (χ3v) is 1.87. The number of para-hydroxylation sites is 1. The number of ether oxygens (including phenoxy) is 1. The van der Waals surface area contributed by atoms with Crippen LogP contribution < -0.4 is 10.1 Å². The van der Waals surface area contributed by atoms with Crippen LogP contribution in [0.3, 0.4) is 0 Å². The van der Waals surface area contributed by atoms with Crippen molar-refractivity contribution in [3.05, 3.63) is 23.8 Å². The summed E-state index contributed by atoms with van der Waals surface area (Å²) in [6, 6.07) is 5.06. The van der Waals surface area contributed by atoms with Gasteiger partial charge in [-0.15, -0.1) is 0 Å². The number of benzene rings is 1. The molecular weight excluding hydrogens is 206 g/mol. The minimum absolute atomic E-state index is 0.0142. The molecular formula is C12H13NO3. The van der Waals surface area contributed by atoms with Crippen molar-refractivity contribution in [1.29, 1.82) is 0 Å². The van der Waals surface area contributed by atoms with E-state index in [2.05, 4.69) is 17.2 Å². The molecule has 0 aliphatic carbocycles. The highest BCUT2D eigenvalue weighted by molar-refractivity contribution is 5.73. The maximum absolute atomic E-state index is 10.6. The van der Waals surface area contributed by atoms with Crippen LogP contribution in [0.4, 0.5) is 0 Å². The zero-order valence-corrected chi connectivity index (χ0v) is 9.20. The van der Waals surface area contributed by atoms with Crippen LogP contribution in [0.15, 0.2) is 18.2 Å². The van der Waals surface area contributed by atoms with Gasteiger partial charge in [-0.1, -0.05) is 17.9 Å². The van der Waals surface area contributed by atoms with Gasteiger partial charge in [-0.05, 0) is 12.1 Å². The molecule has 0 unspecified atom stereocenters. The number of carbonyl (C=O) groups excluding carboxylic acids is 1. The SMILES string of the molecule is COc1cccc(C#CCNC(C)=O)c1O. The Hall–Kier alpha value is -2.15. The Kier molecular flexibility index (Phi) is 4.22. The smallest absolute Gasteiger partial charge is 0.217 e. The van der Waals surface area contributed by atoms with E-state index in [1.807, 2.05) is 0 Å². The highest BCUT2D eigenvalue weighted by Crippen LogP contribution is 2.28. The van der Waals surface area contributed by atoms with Crippen molar-refractivity contribution >= 4 is 5.91 Å². The summed E-state index contributed by atoms with van der Waals surface area (Å²) in [6.07, 6.45) is 0. The average molecular weight is 219 g/mol. The van der Waals surface area contributed by atoms with Gasteiger partial charge in [0, 0.05) is 6.92 Å². The van der Waals surface area contributed by atoms with Crippen LogP contribution in [0, 0.1) is 11.8 Å². The number of phenolic OH excluding ortho intramolecular Hbond substituents is 1. The third kappa shape index (κ3) is 3.21. The lowest BCUT2D eigenvalue weighted by Crippen LogP contribution is -2.19. The number of hydrogen-bond donors (Lipinski definition) is 2. The van der Waals surface area contributed by atoms with Gasteiger partial charge in [-0.3, -0.25) is 4.79 Å². The summed E-state index contributed by atoms with van der Waals surface area (Å²) in [5.41, 5.74) is 0.477. The predicted octanol–water partition coefficient (Wildman–Crippen LogP) is 0.888. The zero-order valence-electron chi connectivity index (χ0n) is 9.20. The summed E-state index contributed by atoms with van der Waals surface area (Å²) >= 11 is 0. The van der Waals surface area contributed by atoms with Gasteiger partial charge >= 0.3 is 0 Å². The van der Waals surface area contributed by atoms with Crippen LogP contribution >= 0.6 is 0 Å². The molecule has 0 atom stereocenters. The van der Waals surface area contributed by atoms with E-state index in [0.29, 0.717) is 11.3 Å². The fraction of sp³-hybridized carbons (Fsp3) is 0.250. The van der Waals surface area contributed by atoms with E-state index in [9.17, 15) is 9.90 Å². The number of rotatable bonds is 2. The second kappa shape index (κ2) is 5.66. The van der Waals surface area contributed by atoms with E-state index in [-0.39, 0.29) is 18.2 Å². The molecule has 0 heterocycles. The Morgan fingerprint density at radius 3 is 2.94 bits per heavy atom. The minimum atomic E-state index is -0.135. The molecule has 2 N–H and O–H groups in total. The van der Waals surface area contributed by atoms with Gasteiger partial charge in [-0.25, -0.2) is 0 Å². The Morgan fingerprint density at radius 1 is 1.56 bits per heavy atom. The largest absolute Gasteiger partial charge is 0.503 e. The summed E-state index contributed by atoms with van der Waals surface area (Å²) in [5, 5.41) is 12.2. The summed E-state index contributed by atoms with van der Waals surface area (Å²) in [5.74, 6) is 5.74. The summed E-state index contributed by atoms with van der Waals surface area (Å²) in [4.78, 5) is 10.6. The molecule has 1 rings (SSSR count). The molecule has 0 aliphatic heterocycles. The van der Waals surface area contributed by atoms with Crippen molar-refractivity contribution in [2.75, 3.05) is 13.7 Å². The minimum Gasteiger partial charge on any atom is -0.503 e. The second-order valence-electron chi connectivity index (χ2n) is 3.07. The second-order valence-corrected chi connectivity index (χ2v) is 3.07. The lowest BCUT2D eigenvalue weighted by atomic mass is 10.2. The lowest BCUT2D eigenvalue weighted by Gasteiger charge is -2.03. The van der Waals surface area contributed by atoms with E-state index in [1.54, 1.807) is 18.2 Å². The van der Waals surface area contributed by atoms with Crippen LogP contribution in [-0.4, -0.2) is 24.7 Å². The molecule has 4 nitrogen and oxygen atoms in total. The van der Waals surface area contributed by atoms with Crippen molar-refractivity contribution in [2.45, 2.75) is 6.92 Å². The van der Waals surface area contributed by atoms with Crippen molar-refractivity contribution in [3.63, 3.8) is 0 Å². The molecule has 0 spiro atoms. The fourth-order valence-electron chi connectivity index (χ4n) is 1.10. The van der Waals surface area contributed by atoms with E-state index in [0.717, 1.165) is 0 Å². The number of aromatic hydroxyl groups is 1. The van der Waals surface area contributed by atoms with Gasteiger partial charge in [-0.2, -0.15) is 0 Å². The molecule has 0 saturated carbocycles. The first-order valence-corrected chi connectivity index (χ1v) is 4.74. The maximum Gasteiger partial charge on any atom is 0.217 e. The zero-order chi connectivity index (χ0) is 12.0. The van der Waals surface area contributed by atoms with E-state index < -0.39 is 0 Å². The highest BCUT2D eigenvalue weighted by atomic mass is 16.5. The first-order valence-electron chi connectivity index (χ1n) is 4.74. The average Bonchev–Trinajstić information content (AvgIpc) is 2.26. The Bertz CT molecular complexity index is 443. The van der Waals surface area contributed by atoms with E-state index >= 15 is 0 Å². The molecule has 4 heteroatoms. The van der Waals surface area contributed by atoms with Gasteiger partial charge < -0.3 is 15.2 Å². The molecule has 0 aromatic heterocycles. The Balaban J connectivity index is 2.77. The first-order chi connectivity index (χ1) is 7.65. The lowest BCUT2D eigenvalue weighted by molar-refractivity contribution is -0.118. The molecule has 1 aromatic carbocycles.